The van der Waals surface area contributed by atoms with Gasteiger partial charge in [-0.2, -0.15) is 0 Å². The van der Waals surface area contributed by atoms with Gasteiger partial charge >= 0.3 is 0 Å². The van der Waals surface area contributed by atoms with Crippen LogP contribution in [-0.4, -0.2) is 50.4 Å². The zero-order valence-electron chi connectivity index (χ0n) is 24.7. The van der Waals surface area contributed by atoms with Crippen LogP contribution >= 0.6 is 0 Å². The van der Waals surface area contributed by atoms with E-state index >= 15 is 0 Å². The summed E-state index contributed by atoms with van der Waals surface area (Å²) in [5.74, 6) is -0.334. The number of sulfonamides is 1. The van der Waals surface area contributed by atoms with E-state index in [1.807, 2.05) is 45.0 Å². The van der Waals surface area contributed by atoms with Crippen molar-refractivity contribution >= 4 is 27.5 Å². The fourth-order valence-electron chi connectivity index (χ4n) is 5.43. The summed E-state index contributed by atoms with van der Waals surface area (Å²) in [6, 6.07) is 21.9. The van der Waals surface area contributed by atoms with Crippen molar-refractivity contribution in [3.8, 4) is 5.75 Å². The van der Waals surface area contributed by atoms with Crippen LogP contribution in [0.4, 0.5) is 5.69 Å². The Bertz CT molecular complexity index is 1460. The first-order chi connectivity index (χ1) is 20.3. The Labute approximate surface area is 249 Å². The Kier molecular flexibility index (Phi) is 10.6. The van der Waals surface area contributed by atoms with Gasteiger partial charge < -0.3 is 15.0 Å². The number of ether oxygens (including phenoxy) is 1. The number of aryl methyl sites for hydroxylation is 1. The van der Waals surface area contributed by atoms with Crippen molar-refractivity contribution in [1.82, 2.24) is 10.2 Å². The standard InChI is InChI=1S/C33H41N3O5S/c1-4-29(33(38)34-27-17-11-12-18-27)35(23-26-16-10-9-15-25(26)3)32(37)24-36(30-21-13-14-22-31(30)41-5-2)42(39,40)28-19-7-6-8-20-28/h6-10,13-16,19-22,27,29H,4-5,11-12,17-18,23-24H2,1-3H3,(H,34,38)/t29-/m1/s1. The van der Waals surface area contributed by atoms with Crippen LogP contribution in [0.1, 0.15) is 57.1 Å². The molecule has 0 unspecified atom stereocenters. The molecule has 0 aliphatic heterocycles. The molecule has 0 radical (unpaired) electrons. The van der Waals surface area contributed by atoms with Crippen molar-refractivity contribution in [2.45, 2.75) is 76.4 Å². The lowest BCUT2D eigenvalue weighted by atomic mass is 10.1. The Morgan fingerprint density at radius 3 is 2.24 bits per heavy atom. The van der Waals surface area contributed by atoms with Gasteiger partial charge in [-0.15, -0.1) is 0 Å². The predicted molar refractivity (Wildman–Crippen MR) is 165 cm³/mol. The second-order valence-electron chi connectivity index (χ2n) is 10.6. The van der Waals surface area contributed by atoms with Crippen molar-refractivity contribution in [3.63, 3.8) is 0 Å². The van der Waals surface area contributed by atoms with E-state index in [1.165, 1.54) is 17.0 Å². The van der Waals surface area contributed by atoms with E-state index in [0.717, 1.165) is 41.1 Å². The number of benzene rings is 3. The molecule has 0 saturated heterocycles. The smallest absolute Gasteiger partial charge is 0.264 e. The van der Waals surface area contributed by atoms with Gasteiger partial charge in [0, 0.05) is 12.6 Å². The molecule has 1 atom stereocenters. The second-order valence-corrected chi connectivity index (χ2v) is 12.4. The van der Waals surface area contributed by atoms with Crippen LogP contribution in [-0.2, 0) is 26.2 Å². The van der Waals surface area contributed by atoms with E-state index in [1.54, 1.807) is 42.5 Å². The summed E-state index contributed by atoms with van der Waals surface area (Å²) in [5.41, 5.74) is 2.14. The van der Waals surface area contributed by atoms with Crippen LogP contribution in [0.15, 0.2) is 83.8 Å². The summed E-state index contributed by atoms with van der Waals surface area (Å²) < 4.78 is 35.1. The first kappa shape index (κ1) is 31.1. The number of para-hydroxylation sites is 2. The van der Waals surface area contributed by atoms with Crippen LogP contribution in [0.25, 0.3) is 0 Å². The van der Waals surface area contributed by atoms with Gasteiger partial charge in [0.15, 0.2) is 0 Å². The molecule has 3 aromatic rings. The lowest BCUT2D eigenvalue weighted by Crippen LogP contribution is -2.53. The Morgan fingerprint density at radius 1 is 0.929 bits per heavy atom. The molecular weight excluding hydrogens is 550 g/mol. The highest BCUT2D eigenvalue weighted by Crippen LogP contribution is 2.33. The molecule has 4 rings (SSSR count). The molecule has 3 aromatic carbocycles. The van der Waals surface area contributed by atoms with Crippen molar-refractivity contribution in [2.75, 3.05) is 17.5 Å². The summed E-state index contributed by atoms with van der Waals surface area (Å²) in [5, 5.41) is 3.15. The molecule has 1 N–H and O–H groups in total. The molecule has 1 fully saturated rings. The van der Waals surface area contributed by atoms with E-state index in [9.17, 15) is 18.0 Å². The third-order valence-electron chi connectivity index (χ3n) is 7.73. The molecule has 1 saturated carbocycles. The molecule has 1 aliphatic rings. The van der Waals surface area contributed by atoms with Gasteiger partial charge in [0.1, 0.15) is 18.3 Å². The summed E-state index contributed by atoms with van der Waals surface area (Å²) in [4.78, 5) is 29.5. The van der Waals surface area contributed by atoms with Crippen LogP contribution in [0.3, 0.4) is 0 Å². The summed E-state index contributed by atoms with van der Waals surface area (Å²) in [7, 11) is -4.17. The molecule has 2 amide bonds. The maximum atomic E-state index is 14.3. The second kappa shape index (κ2) is 14.4. The molecule has 0 heterocycles. The monoisotopic (exact) mass is 591 g/mol. The highest BCUT2D eigenvalue weighted by molar-refractivity contribution is 7.92. The molecule has 1 aliphatic carbocycles. The highest BCUT2D eigenvalue weighted by atomic mass is 32.2. The first-order valence-corrected chi connectivity index (χ1v) is 16.1. The molecule has 0 aromatic heterocycles. The number of hydrogen-bond donors (Lipinski definition) is 1. The van der Waals surface area contributed by atoms with Gasteiger partial charge in [-0.25, -0.2) is 8.42 Å². The maximum absolute atomic E-state index is 14.3. The predicted octanol–water partition coefficient (Wildman–Crippen LogP) is 5.46. The highest BCUT2D eigenvalue weighted by Gasteiger charge is 2.35. The minimum atomic E-state index is -4.17. The van der Waals surface area contributed by atoms with Gasteiger partial charge in [-0.3, -0.25) is 13.9 Å². The Morgan fingerprint density at radius 2 is 1.57 bits per heavy atom. The van der Waals surface area contributed by atoms with E-state index in [0.29, 0.717) is 18.8 Å². The van der Waals surface area contributed by atoms with Gasteiger partial charge in [0.2, 0.25) is 11.8 Å². The third kappa shape index (κ3) is 7.31. The lowest BCUT2D eigenvalue weighted by molar-refractivity contribution is -0.140. The lowest BCUT2D eigenvalue weighted by Gasteiger charge is -2.34. The van der Waals surface area contributed by atoms with E-state index in [-0.39, 0.29) is 29.1 Å². The number of hydrogen-bond acceptors (Lipinski definition) is 5. The maximum Gasteiger partial charge on any atom is 0.264 e. The zero-order chi connectivity index (χ0) is 30.1. The van der Waals surface area contributed by atoms with Gasteiger partial charge in [-0.05, 0) is 68.5 Å². The topological polar surface area (TPSA) is 96.0 Å². The average molecular weight is 592 g/mol. The minimum Gasteiger partial charge on any atom is -0.492 e. The first-order valence-electron chi connectivity index (χ1n) is 14.7. The van der Waals surface area contributed by atoms with Gasteiger partial charge in [0.05, 0.1) is 17.2 Å². The van der Waals surface area contributed by atoms with Crippen molar-refractivity contribution in [1.29, 1.82) is 0 Å². The SMILES string of the molecule is CCOc1ccccc1N(CC(=O)N(Cc1ccccc1C)[C@H](CC)C(=O)NC1CCCC1)S(=O)(=O)c1ccccc1. The number of nitrogens with zero attached hydrogens (tertiary/aromatic N) is 2. The summed E-state index contributed by atoms with van der Waals surface area (Å²) in [6.07, 6.45) is 4.37. The summed E-state index contributed by atoms with van der Waals surface area (Å²) in [6.45, 7) is 5.65. The molecule has 224 valence electrons. The van der Waals surface area contributed by atoms with E-state index < -0.39 is 28.5 Å². The number of amides is 2. The third-order valence-corrected chi connectivity index (χ3v) is 9.51. The quantitative estimate of drug-likeness (QED) is 0.285. The van der Waals surface area contributed by atoms with E-state index in [2.05, 4.69) is 5.32 Å². The molecule has 9 heteroatoms. The van der Waals surface area contributed by atoms with Crippen LogP contribution in [0, 0.1) is 6.92 Å². The molecule has 0 spiro atoms. The number of rotatable bonds is 13. The number of nitrogens with one attached hydrogen (secondary N) is 1. The van der Waals surface area contributed by atoms with E-state index in [4.69, 9.17) is 4.74 Å². The Hall–Kier alpha value is -3.85. The van der Waals surface area contributed by atoms with Gasteiger partial charge in [0.25, 0.3) is 10.0 Å². The normalized spacial score (nSPS) is 14.3. The van der Waals surface area contributed by atoms with Crippen LogP contribution < -0.4 is 14.4 Å². The van der Waals surface area contributed by atoms with Crippen molar-refractivity contribution in [3.05, 3.63) is 90.0 Å². The molecular formula is C33H41N3O5S. The van der Waals surface area contributed by atoms with Crippen molar-refractivity contribution < 1.29 is 22.7 Å². The van der Waals surface area contributed by atoms with Crippen LogP contribution in [0.2, 0.25) is 0 Å². The van der Waals surface area contributed by atoms with Crippen molar-refractivity contribution in [2.24, 2.45) is 0 Å². The average Bonchev–Trinajstić information content (AvgIpc) is 3.50. The fraction of sp³-hybridized carbons (Fsp3) is 0.394. The fourth-order valence-corrected chi connectivity index (χ4v) is 6.88. The molecule has 8 nitrogen and oxygen atoms in total. The number of carbonyl (C=O) groups excluding carboxylic acids is 2. The van der Waals surface area contributed by atoms with Crippen LogP contribution in [0.5, 0.6) is 5.75 Å². The molecule has 42 heavy (non-hydrogen) atoms. The summed E-state index contributed by atoms with van der Waals surface area (Å²) >= 11 is 0. The van der Waals surface area contributed by atoms with Gasteiger partial charge in [-0.1, -0.05) is 74.4 Å². The minimum absolute atomic E-state index is 0.0561. The number of carbonyl (C=O) groups is 2. The Balaban J connectivity index is 1.75. The molecule has 0 bridgehead atoms. The zero-order valence-corrected chi connectivity index (χ0v) is 25.5. The largest absolute Gasteiger partial charge is 0.492 e. The number of anilines is 1.